The Morgan fingerprint density at radius 2 is 1.34 bits per heavy atom. The summed E-state index contributed by atoms with van der Waals surface area (Å²) in [7, 11) is 2.13. The third-order valence-electron chi connectivity index (χ3n) is 7.16. The summed E-state index contributed by atoms with van der Waals surface area (Å²) in [5.41, 5.74) is 0. The molecule has 1 aliphatic heterocycles. The van der Waals surface area contributed by atoms with Crippen LogP contribution < -0.4 is 0 Å². The Bertz CT molecular complexity index is 446. The zero-order valence-electron chi connectivity index (χ0n) is 21.5. The fraction of sp³-hybridized carbons (Fsp3) is 0.929. The van der Waals surface area contributed by atoms with Crippen molar-refractivity contribution in [2.75, 3.05) is 26.7 Å². The molecule has 0 N–H and O–H groups in total. The van der Waals surface area contributed by atoms with E-state index in [2.05, 4.69) is 18.9 Å². The smallest absolute Gasteiger partial charge is 0.309 e. The van der Waals surface area contributed by atoms with Gasteiger partial charge in [-0.25, -0.2) is 0 Å². The fourth-order valence-corrected chi connectivity index (χ4v) is 4.81. The van der Waals surface area contributed by atoms with Crippen LogP contribution in [0.3, 0.4) is 0 Å². The van der Waals surface area contributed by atoms with Crippen LogP contribution in [-0.4, -0.2) is 43.9 Å². The summed E-state index contributed by atoms with van der Waals surface area (Å²) < 4.78 is 5.83. The number of unbranched alkanes of at least 4 members (excludes halogenated alkanes) is 13. The van der Waals surface area contributed by atoms with Crippen LogP contribution in [0, 0.1) is 11.8 Å². The second-order valence-electron chi connectivity index (χ2n) is 10.2. The number of ether oxygens (including phenoxy) is 1. The lowest BCUT2D eigenvalue weighted by molar-refractivity contribution is -0.151. The number of hydrogen-bond acceptors (Lipinski definition) is 4. The van der Waals surface area contributed by atoms with Gasteiger partial charge in [-0.1, -0.05) is 90.4 Å². The van der Waals surface area contributed by atoms with Crippen LogP contribution in [0.4, 0.5) is 0 Å². The van der Waals surface area contributed by atoms with Gasteiger partial charge in [-0.15, -0.1) is 0 Å². The SMILES string of the molecule is CCCCCCCCCCC(CCCCCCCCC=O)COC(=O)C1CCN(C)CC1. The Morgan fingerprint density at radius 3 is 1.88 bits per heavy atom. The predicted octanol–water partition coefficient (Wildman–Crippen LogP) is 7.34. The number of esters is 1. The molecule has 1 heterocycles. The third-order valence-corrected chi connectivity index (χ3v) is 7.16. The summed E-state index contributed by atoms with van der Waals surface area (Å²) in [5, 5.41) is 0. The van der Waals surface area contributed by atoms with Gasteiger partial charge >= 0.3 is 5.97 Å². The maximum Gasteiger partial charge on any atom is 0.309 e. The number of carbonyl (C=O) groups excluding carboxylic acids is 2. The molecular weight excluding hydrogens is 398 g/mol. The quantitative estimate of drug-likeness (QED) is 0.104. The Kier molecular flexibility index (Phi) is 18.8. The van der Waals surface area contributed by atoms with Gasteiger partial charge in [0, 0.05) is 6.42 Å². The first kappa shape index (κ1) is 29.1. The van der Waals surface area contributed by atoms with Gasteiger partial charge in [-0.3, -0.25) is 4.79 Å². The minimum atomic E-state index is 0.0502. The van der Waals surface area contributed by atoms with E-state index in [1.54, 1.807) is 0 Å². The van der Waals surface area contributed by atoms with Crippen molar-refractivity contribution >= 4 is 12.3 Å². The van der Waals surface area contributed by atoms with Gasteiger partial charge in [-0.2, -0.15) is 0 Å². The van der Waals surface area contributed by atoms with E-state index < -0.39 is 0 Å². The third kappa shape index (κ3) is 15.8. The largest absolute Gasteiger partial charge is 0.465 e. The van der Waals surface area contributed by atoms with Gasteiger partial charge < -0.3 is 14.4 Å². The molecule has 1 fully saturated rings. The number of nitrogens with zero attached hydrogens (tertiary/aromatic N) is 1. The molecule has 0 saturated carbocycles. The second-order valence-corrected chi connectivity index (χ2v) is 10.2. The molecule has 32 heavy (non-hydrogen) atoms. The number of hydrogen-bond donors (Lipinski definition) is 0. The van der Waals surface area contributed by atoms with Crippen LogP contribution in [-0.2, 0) is 14.3 Å². The first-order valence-electron chi connectivity index (χ1n) is 14.0. The lowest BCUT2D eigenvalue weighted by Gasteiger charge is -2.28. The van der Waals surface area contributed by atoms with E-state index in [9.17, 15) is 9.59 Å². The molecule has 0 spiro atoms. The van der Waals surface area contributed by atoms with Crippen molar-refractivity contribution in [2.45, 2.75) is 129 Å². The van der Waals surface area contributed by atoms with Crippen molar-refractivity contribution < 1.29 is 14.3 Å². The number of piperidine rings is 1. The highest BCUT2D eigenvalue weighted by atomic mass is 16.5. The first-order valence-corrected chi connectivity index (χ1v) is 14.0. The van der Waals surface area contributed by atoms with Gasteiger partial charge in [0.05, 0.1) is 12.5 Å². The topological polar surface area (TPSA) is 46.6 Å². The van der Waals surface area contributed by atoms with Gasteiger partial charge in [0.2, 0.25) is 0 Å². The maximum atomic E-state index is 12.5. The molecule has 0 aromatic heterocycles. The Balaban J connectivity index is 2.24. The predicted molar refractivity (Wildman–Crippen MR) is 135 cm³/mol. The first-order chi connectivity index (χ1) is 15.7. The molecule has 0 aromatic carbocycles. The van der Waals surface area contributed by atoms with E-state index in [1.165, 1.54) is 96.3 Å². The molecule has 4 heteroatoms. The standard InChI is InChI=1S/C28H53NO3/c1-3-4-5-6-7-9-12-15-18-26(19-16-13-10-8-11-14-17-24-30)25-32-28(31)27-20-22-29(2)23-21-27/h24,26-27H,3-23,25H2,1-2H3. The lowest BCUT2D eigenvalue weighted by atomic mass is 9.94. The molecule has 0 amide bonds. The zero-order valence-corrected chi connectivity index (χ0v) is 21.5. The molecule has 1 saturated heterocycles. The maximum absolute atomic E-state index is 12.5. The minimum Gasteiger partial charge on any atom is -0.465 e. The average Bonchev–Trinajstić information content (AvgIpc) is 2.80. The van der Waals surface area contributed by atoms with E-state index in [1.807, 2.05) is 0 Å². The minimum absolute atomic E-state index is 0.0502. The number of rotatable bonds is 21. The van der Waals surface area contributed by atoms with Crippen molar-refractivity contribution in [1.29, 1.82) is 0 Å². The second kappa shape index (κ2) is 20.7. The molecule has 4 nitrogen and oxygen atoms in total. The number of aldehydes is 1. The normalized spacial score (nSPS) is 16.2. The molecule has 0 bridgehead atoms. The highest BCUT2D eigenvalue weighted by Crippen LogP contribution is 2.22. The number of likely N-dealkylation sites (tertiary alicyclic amines) is 1. The molecular formula is C28H53NO3. The fourth-order valence-electron chi connectivity index (χ4n) is 4.81. The summed E-state index contributed by atoms with van der Waals surface area (Å²) in [4.78, 5) is 25.2. The molecule has 0 aromatic rings. The highest BCUT2D eigenvalue weighted by Gasteiger charge is 2.25. The van der Waals surface area contributed by atoms with E-state index in [0.717, 1.165) is 38.6 Å². The molecule has 1 atom stereocenters. The van der Waals surface area contributed by atoms with Crippen molar-refractivity contribution in [3.8, 4) is 0 Å². The van der Waals surface area contributed by atoms with Crippen LogP contribution in [0.15, 0.2) is 0 Å². The van der Waals surface area contributed by atoms with Crippen LogP contribution in [0.2, 0.25) is 0 Å². The van der Waals surface area contributed by atoms with Crippen molar-refractivity contribution in [3.63, 3.8) is 0 Å². The summed E-state index contributed by atoms with van der Waals surface area (Å²) >= 11 is 0. The Morgan fingerprint density at radius 1 is 0.844 bits per heavy atom. The zero-order chi connectivity index (χ0) is 23.3. The van der Waals surface area contributed by atoms with Gasteiger partial charge in [-0.05, 0) is 58.2 Å². The van der Waals surface area contributed by atoms with Crippen LogP contribution >= 0.6 is 0 Å². The van der Waals surface area contributed by atoms with Crippen molar-refractivity contribution in [1.82, 2.24) is 4.90 Å². The summed E-state index contributed by atoms with van der Waals surface area (Å²) in [5.74, 6) is 0.691. The molecule has 0 aliphatic carbocycles. The van der Waals surface area contributed by atoms with Gasteiger partial charge in [0.25, 0.3) is 0 Å². The van der Waals surface area contributed by atoms with Crippen molar-refractivity contribution in [3.05, 3.63) is 0 Å². The van der Waals surface area contributed by atoms with Crippen molar-refractivity contribution in [2.24, 2.45) is 11.8 Å². The van der Waals surface area contributed by atoms with E-state index in [4.69, 9.17) is 4.74 Å². The van der Waals surface area contributed by atoms with E-state index in [-0.39, 0.29) is 11.9 Å². The van der Waals surface area contributed by atoms with Crippen LogP contribution in [0.5, 0.6) is 0 Å². The highest BCUT2D eigenvalue weighted by molar-refractivity contribution is 5.72. The molecule has 188 valence electrons. The molecule has 0 radical (unpaired) electrons. The van der Waals surface area contributed by atoms with Gasteiger partial charge in [0.15, 0.2) is 0 Å². The molecule has 1 rings (SSSR count). The molecule has 1 aliphatic rings. The van der Waals surface area contributed by atoms with Crippen LogP contribution in [0.25, 0.3) is 0 Å². The van der Waals surface area contributed by atoms with E-state index >= 15 is 0 Å². The lowest BCUT2D eigenvalue weighted by Crippen LogP contribution is -2.34. The summed E-state index contributed by atoms with van der Waals surface area (Å²) in [6.45, 7) is 4.91. The summed E-state index contributed by atoms with van der Waals surface area (Å²) in [6, 6.07) is 0. The van der Waals surface area contributed by atoms with Gasteiger partial charge in [0.1, 0.15) is 6.29 Å². The monoisotopic (exact) mass is 451 g/mol. The average molecular weight is 452 g/mol. The Labute approximate surface area is 199 Å². The molecule has 1 unspecified atom stereocenters. The Hall–Kier alpha value is -0.900. The van der Waals surface area contributed by atoms with Crippen LogP contribution in [0.1, 0.15) is 129 Å². The summed E-state index contributed by atoms with van der Waals surface area (Å²) in [6.07, 6.45) is 24.0. The van der Waals surface area contributed by atoms with E-state index in [0.29, 0.717) is 18.9 Å². The number of carbonyl (C=O) groups is 2.